The Morgan fingerprint density at radius 1 is 1.10 bits per heavy atom. The minimum absolute atomic E-state index is 0.0293. The average molecular weight is 419 g/mol. The van der Waals surface area contributed by atoms with E-state index in [2.05, 4.69) is 20.5 Å². The lowest BCUT2D eigenvalue weighted by atomic mass is 10.1. The van der Waals surface area contributed by atoms with Gasteiger partial charge in [-0.15, -0.1) is 15.3 Å². The van der Waals surface area contributed by atoms with Crippen LogP contribution in [0.25, 0.3) is 23.0 Å². The fourth-order valence-corrected chi connectivity index (χ4v) is 4.03. The molecule has 1 saturated heterocycles. The van der Waals surface area contributed by atoms with Crippen molar-refractivity contribution < 1.29 is 17.8 Å². The molecule has 4 rings (SSSR count). The van der Waals surface area contributed by atoms with E-state index in [0.717, 1.165) is 0 Å². The smallest absolute Gasteiger partial charge is 0.270 e. The molecule has 1 aliphatic rings. The minimum atomic E-state index is -3.18. The van der Waals surface area contributed by atoms with Gasteiger partial charge in [-0.05, 0) is 25.0 Å². The number of non-ortho nitro benzene ring substituents is 1. The lowest BCUT2D eigenvalue weighted by Crippen LogP contribution is -2.38. The van der Waals surface area contributed by atoms with Crippen LogP contribution in [0, 0.1) is 10.1 Å². The highest BCUT2D eigenvalue weighted by molar-refractivity contribution is 7.88. The molecule has 0 radical (unpaired) electrons. The van der Waals surface area contributed by atoms with Crippen LogP contribution in [0.3, 0.4) is 0 Å². The van der Waals surface area contributed by atoms with Gasteiger partial charge in [-0.1, -0.05) is 5.21 Å². The molecule has 0 amide bonds. The van der Waals surface area contributed by atoms with Gasteiger partial charge >= 0.3 is 0 Å². The van der Waals surface area contributed by atoms with E-state index in [0.29, 0.717) is 37.2 Å². The van der Waals surface area contributed by atoms with Crippen LogP contribution in [-0.4, -0.2) is 62.2 Å². The molecule has 2 aromatic heterocycles. The molecule has 1 aliphatic heterocycles. The highest BCUT2D eigenvalue weighted by Gasteiger charge is 2.27. The number of hydrogen-bond donors (Lipinski definition) is 0. The van der Waals surface area contributed by atoms with Crippen molar-refractivity contribution >= 4 is 15.7 Å². The summed E-state index contributed by atoms with van der Waals surface area (Å²) in [6.45, 7) is 0.868. The molecule has 0 spiro atoms. The van der Waals surface area contributed by atoms with Crippen LogP contribution in [0.1, 0.15) is 18.9 Å². The van der Waals surface area contributed by atoms with Crippen LogP contribution in [0.15, 0.2) is 34.9 Å². The first-order valence-corrected chi connectivity index (χ1v) is 10.6. The summed E-state index contributed by atoms with van der Waals surface area (Å²) in [7, 11) is -3.18. The van der Waals surface area contributed by atoms with Crippen LogP contribution >= 0.6 is 0 Å². The van der Waals surface area contributed by atoms with Crippen molar-refractivity contribution in [1.29, 1.82) is 0 Å². The third kappa shape index (κ3) is 4.00. The number of nitro benzene ring substituents is 1. The number of aromatic nitrogens is 5. The van der Waals surface area contributed by atoms with Crippen molar-refractivity contribution in [2.75, 3.05) is 19.3 Å². The van der Waals surface area contributed by atoms with Crippen molar-refractivity contribution in [3.05, 3.63) is 40.6 Å². The molecule has 0 bridgehead atoms. The van der Waals surface area contributed by atoms with Gasteiger partial charge in [-0.2, -0.15) is 0 Å². The Morgan fingerprint density at radius 2 is 1.76 bits per heavy atom. The largest absolute Gasteiger partial charge is 0.414 e. The van der Waals surface area contributed by atoms with Gasteiger partial charge in [-0.3, -0.25) is 10.1 Å². The molecule has 3 heterocycles. The Labute approximate surface area is 165 Å². The summed E-state index contributed by atoms with van der Waals surface area (Å²) in [5.74, 6) is 0.393. The van der Waals surface area contributed by atoms with Crippen molar-refractivity contribution in [3.63, 3.8) is 0 Å². The maximum atomic E-state index is 11.6. The first-order chi connectivity index (χ1) is 13.8. The van der Waals surface area contributed by atoms with Gasteiger partial charge < -0.3 is 4.42 Å². The van der Waals surface area contributed by atoms with Gasteiger partial charge in [0.05, 0.1) is 23.4 Å². The van der Waals surface area contributed by atoms with Crippen LogP contribution in [0.2, 0.25) is 0 Å². The second kappa shape index (κ2) is 7.33. The molecule has 0 unspecified atom stereocenters. The average Bonchev–Trinajstić information content (AvgIpc) is 3.37. The lowest BCUT2D eigenvalue weighted by molar-refractivity contribution is -0.384. The molecule has 152 valence electrons. The van der Waals surface area contributed by atoms with E-state index in [1.54, 1.807) is 10.9 Å². The number of hydrogen-bond acceptors (Lipinski definition) is 9. The quantitative estimate of drug-likeness (QED) is 0.442. The van der Waals surface area contributed by atoms with E-state index < -0.39 is 14.9 Å². The van der Waals surface area contributed by atoms with E-state index in [1.165, 1.54) is 34.8 Å². The van der Waals surface area contributed by atoms with Crippen molar-refractivity contribution in [2.45, 2.75) is 18.9 Å². The van der Waals surface area contributed by atoms with E-state index >= 15 is 0 Å². The summed E-state index contributed by atoms with van der Waals surface area (Å²) < 4.78 is 32.0. The molecule has 29 heavy (non-hydrogen) atoms. The molecule has 12 nitrogen and oxygen atoms in total. The zero-order valence-corrected chi connectivity index (χ0v) is 16.2. The second-order valence-electron chi connectivity index (χ2n) is 6.69. The van der Waals surface area contributed by atoms with Crippen molar-refractivity contribution in [1.82, 2.24) is 29.5 Å². The number of nitro groups is 1. The maximum Gasteiger partial charge on any atom is 0.270 e. The summed E-state index contributed by atoms with van der Waals surface area (Å²) in [5.41, 5.74) is 0.921. The number of rotatable bonds is 5. The van der Waals surface area contributed by atoms with Crippen molar-refractivity contribution in [2.24, 2.45) is 0 Å². The summed E-state index contributed by atoms with van der Waals surface area (Å²) in [4.78, 5) is 10.3. The highest BCUT2D eigenvalue weighted by atomic mass is 32.2. The van der Waals surface area contributed by atoms with E-state index in [-0.39, 0.29) is 23.5 Å². The molecule has 0 saturated carbocycles. The highest BCUT2D eigenvalue weighted by Crippen LogP contribution is 2.27. The number of piperidine rings is 1. The molecule has 0 atom stereocenters. The SMILES string of the molecule is CS(=O)(=O)N1CCC(n2cc(-c3nnc(-c4ccc([N+](=O)[O-])cc4)o3)nn2)CC1. The van der Waals surface area contributed by atoms with Gasteiger partial charge in [0.15, 0.2) is 5.69 Å². The summed E-state index contributed by atoms with van der Waals surface area (Å²) in [5, 5.41) is 26.9. The van der Waals surface area contributed by atoms with E-state index in [4.69, 9.17) is 4.42 Å². The lowest BCUT2D eigenvalue weighted by Gasteiger charge is -2.29. The first-order valence-electron chi connectivity index (χ1n) is 8.77. The Bertz CT molecular complexity index is 1130. The third-order valence-corrected chi connectivity index (χ3v) is 6.05. The van der Waals surface area contributed by atoms with Crippen LogP contribution in [0.5, 0.6) is 0 Å². The van der Waals surface area contributed by atoms with Gasteiger partial charge in [0.2, 0.25) is 15.9 Å². The topological polar surface area (TPSA) is 150 Å². The van der Waals surface area contributed by atoms with Crippen LogP contribution < -0.4 is 0 Å². The Kier molecular flexibility index (Phi) is 4.84. The number of benzene rings is 1. The normalized spacial score (nSPS) is 16.2. The molecule has 13 heteroatoms. The van der Waals surface area contributed by atoms with Gasteiger partial charge in [0.25, 0.3) is 11.6 Å². The van der Waals surface area contributed by atoms with Crippen LogP contribution in [-0.2, 0) is 10.0 Å². The summed E-state index contributed by atoms with van der Waals surface area (Å²) in [6, 6.07) is 5.81. The molecule has 0 aliphatic carbocycles. The Hall–Kier alpha value is -3.19. The second-order valence-corrected chi connectivity index (χ2v) is 8.68. The monoisotopic (exact) mass is 419 g/mol. The fraction of sp³-hybridized carbons (Fsp3) is 0.375. The first kappa shape index (κ1) is 19.1. The van der Waals surface area contributed by atoms with Crippen LogP contribution in [0.4, 0.5) is 5.69 Å². The number of nitrogens with zero attached hydrogens (tertiary/aromatic N) is 7. The molecular weight excluding hydrogens is 402 g/mol. The summed E-state index contributed by atoms with van der Waals surface area (Å²) in [6.07, 6.45) is 4.16. The standard InChI is InChI=1S/C16H17N7O5S/c1-29(26,27)21-8-6-12(7-9-21)22-10-14(17-20-22)16-19-18-15(28-16)11-2-4-13(5-3-11)23(24)25/h2-5,10,12H,6-9H2,1H3. The van der Waals surface area contributed by atoms with Gasteiger partial charge in [0, 0.05) is 30.8 Å². The molecular formula is C16H17N7O5S. The van der Waals surface area contributed by atoms with E-state index in [9.17, 15) is 18.5 Å². The van der Waals surface area contributed by atoms with Gasteiger partial charge in [-0.25, -0.2) is 17.4 Å². The molecule has 1 aromatic carbocycles. The Morgan fingerprint density at radius 3 is 2.38 bits per heavy atom. The zero-order chi connectivity index (χ0) is 20.6. The Balaban J connectivity index is 1.47. The zero-order valence-electron chi connectivity index (χ0n) is 15.4. The summed E-state index contributed by atoms with van der Waals surface area (Å²) >= 11 is 0. The number of sulfonamides is 1. The predicted octanol–water partition coefficient (Wildman–Crippen LogP) is 1.50. The van der Waals surface area contributed by atoms with Crippen molar-refractivity contribution in [3.8, 4) is 23.0 Å². The molecule has 0 N–H and O–H groups in total. The minimum Gasteiger partial charge on any atom is -0.414 e. The molecule has 3 aromatic rings. The fourth-order valence-electron chi connectivity index (χ4n) is 3.16. The predicted molar refractivity (Wildman–Crippen MR) is 100 cm³/mol. The van der Waals surface area contributed by atoms with Gasteiger partial charge in [0.1, 0.15) is 0 Å². The molecule has 1 fully saturated rings. The van der Waals surface area contributed by atoms with E-state index in [1.807, 2.05) is 0 Å². The maximum absolute atomic E-state index is 11.6. The third-order valence-electron chi connectivity index (χ3n) is 4.75.